The molecule has 1 aliphatic heterocycles. The standard InChI is InChI=1S/C21H25ClN2O3/c1-16(27-20-8-6-19(22)7-9-20)21(25)23-14-17-2-4-18(5-3-17)15-24-10-12-26-13-11-24/h2-9,16H,10-15H2,1H3,(H,23,25)/t16-/m0/s1. The lowest BCUT2D eigenvalue weighted by atomic mass is 10.1. The van der Waals surface area contributed by atoms with Gasteiger partial charge in [0.1, 0.15) is 5.75 Å². The van der Waals surface area contributed by atoms with Crippen molar-refractivity contribution in [3.8, 4) is 5.75 Å². The Hall–Kier alpha value is -2.08. The van der Waals surface area contributed by atoms with Crippen LogP contribution in [0.15, 0.2) is 48.5 Å². The Kier molecular flexibility index (Phi) is 7.10. The van der Waals surface area contributed by atoms with Gasteiger partial charge in [-0.3, -0.25) is 9.69 Å². The van der Waals surface area contributed by atoms with Crippen LogP contribution in [0.1, 0.15) is 18.1 Å². The van der Waals surface area contributed by atoms with Gasteiger partial charge in [-0.2, -0.15) is 0 Å². The number of halogens is 1. The molecule has 2 aromatic rings. The summed E-state index contributed by atoms with van der Waals surface area (Å²) >= 11 is 5.85. The molecule has 144 valence electrons. The van der Waals surface area contributed by atoms with Crippen molar-refractivity contribution in [2.45, 2.75) is 26.1 Å². The first-order valence-electron chi connectivity index (χ1n) is 9.18. The van der Waals surface area contributed by atoms with Crippen LogP contribution in [0.3, 0.4) is 0 Å². The highest BCUT2D eigenvalue weighted by atomic mass is 35.5. The van der Waals surface area contributed by atoms with Gasteiger partial charge >= 0.3 is 0 Å². The number of morpholine rings is 1. The first kappa shape index (κ1) is 19.7. The van der Waals surface area contributed by atoms with E-state index in [1.165, 1.54) is 5.56 Å². The van der Waals surface area contributed by atoms with Gasteiger partial charge in [-0.15, -0.1) is 0 Å². The average Bonchev–Trinajstić information content (AvgIpc) is 2.69. The van der Waals surface area contributed by atoms with Crippen molar-refractivity contribution in [3.05, 3.63) is 64.7 Å². The van der Waals surface area contributed by atoms with Crippen LogP contribution in [0.5, 0.6) is 5.75 Å². The Bertz CT molecular complexity index is 728. The fourth-order valence-electron chi connectivity index (χ4n) is 2.88. The molecule has 6 heteroatoms. The highest BCUT2D eigenvalue weighted by molar-refractivity contribution is 6.30. The van der Waals surface area contributed by atoms with Gasteiger partial charge in [0.2, 0.25) is 0 Å². The van der Waals surface area contributed by atoms with Crippen LogP contribution in [0, 0.1) is 0 Å². The summed E-state index contributed by atoms with van der Waals surface area (Å²) in [6.45, 7) is 6.70. The molecular weight excluding hydrogens is 364 g/mol. The van der Waals surface area contributed by atoms with Gasteiger partial charge < -0.3 is 14.8 Å². The third kappa shape index (κ3) is 6.24. The zero-order valence-electron chi connectivity index (χ0n) is 15.5. The van der Waals surface area contributed by atoms with E-state index in [9.17, 15) is 4.79 Å². The molecule has 0 radical (unpaired) electrons. The van der Waals surface area contributed by atoms with Gasteiger partial charge in [0.25, 0.3) is 5.91 Å². The van der Waals surface area contributed by atoms with Crippen LogP contribution in [0.25, 0.3) is 0 Å². The fraction of sp³-hybridized carbons (Fsp3) is 0.381. The number of hydrogen-bond donors (Lipinski definition) is 1. The van der Waals surface area contributed by atoms with E-state index < -0.39 is 6.10 Å². The molecular formula is C21H25ClN2O3. The van der Waals surface area contributed by atoms with E-state index in [1.54, 1.807) is 31.2 Å². The number of carbonyl (C=O) groups is 1. The van der Waals surface area contributed by atoms with E-state index in [-0.39, 0.29) is 5.91 Å². The molecule has 2 aromatic carbocycles. The molecule has 1 fully saturated rings. The zero-order chi connectivity index (χ0) is 19.1. The van der Waals surface area contributed by atoms with Crippen molar-refractivity contribution in [3.63, 3.8) is 0 Å². The molecule has 1 N–H and O–H groups in total. The summed E-state index contributed by atoms with van der Waals surface area (Å²) in [4.78, 5) is 14.6. The molecule has 3 rings (SSSR count). The number of benzene rings is 2. The van der Waals surface area contributed by atoms with Crippen LogP contribution in [0.4, 0.5) is 0 Å². The van der Waals surface area contributed by atoms with Crippen LogP contribution in [-0.4, -0.2) is 43.2 Å². The predicted octanol–water partition coefficient (Wildman–Crippen LogP) is 3.26. The second-order valence-corrected chi connectivity index (χ2v) is 7.07. The first-order chi connectivity index (χ1) is 13.1. The van der Waals surface area contributed by atoms with E-state index >= 15 is 0 Å². The lowest BCUT2D eigenvalue weighted by molar-refractivity contribution is -0.127. The molecule has 1 heterocycles. The maximum Gasteiger partial charge on any atom is 0.261 e. The summed E-state index contributed by atoms with van der Waals surface area (Å²) in [5.41, 5.74) is 2.33. The zero-order valence-corrected chi connectivity index (χ0v) is 16.2. The number of ether oxygens (including phenoxy) is 2. The third-order valence-corrected chi connectivity index (χ3v) is 4.75. The number of amides is 1. The minimum Gasteiger partial charge on any atom is -0.481 e. The Morgan fingerprint density at radius 2 is 1.74 bits per heavy atom. The largest absolute Gasteiger partial charge is 0.481 e. The summed E-state index contributed by atoms with van der Waals surface area (Å²) in [6.07, 6.45) is -0.577. The smallest absolute Gasteiger partial charge is 0.261 e. The molecule has 0 saturated carbocycles. The maximum atomic E-state index is 12.2. The van der Waals surface area contributed by atoms with Crippen LogP contribution < -0.4 is 10.1 Å². The highest BCUT2D eigenvalue weighted by Crippen LogP contribution is 2.17. The van der Waals surface area contributed by atoms with Crippen LogP contribution in [-0.2, 0) is 22.6 Å². The van der Waals surface area contributed by atoms with Gasteiger partial charge in [-0.05, 0) is 42.3 Å². The molecule has 5 nitrogen and oxygen atoms in total. The van der Waals surface area contributed by atoms with Crippen molar-refractivity contribution in [2.75, 3.05) is 26.3 Å². The second kappa shape index (κ2) is 9.74. The topological polar surface area (TPSA) is 50.8 Å². The van der Waals surface area contributed by atoms with Crippen molar-refractivity contribution in [1.82, 2.24) is 10.2 Å². The molecule has 27 heavy (non-hydrogen) atoms. The molecule has 0 spiro atoms. The number of carbonyl (C=O) groups excluding carboxylic acids is 1. The molecule has 1 atom stereocenters. The molecule has 0 bridgehead atoms. The second-order valence-electron chi connectivity index (χ2n) is 6.64. The number of nitrogens with one attached hydrogen (secondary N) is 1. The van der Waals surface area contributed by atoms with Crippen molar-refractivity contribution in [2.24, 2.45) is 0 Å². The SMILES string of the molecule is C[C@H](Oc1ccc(Cl)cc1)C(=O)NCc1ccc(CN2CCOCC2)cc1. The monoisotopic (exact) mass is 388 g/mol. The Labute approximate surface area is 165 Å². The first-order valence-corrected chi connectivity index (χ1v) is 9.56. The normalized spacial score (nSPS) is 15.9. The summed E-state index contributed by atoms with van der Waals surface area (Å²) in [7, 11) is 0. The number of nitrogens with zero attached hydrogens (tertiary/aromatic N) is 1. The van der Waals surface area contributed by atoms with Crippen LogP contribution >= 0.6 is 11.6 Å². The van der Waals surface area contributed by atoms with Gasteiger partial charge in [0.05, 0.1) is 13.2 Å². The number of hydrogen-bond acceptors (Lipinski definition) is 4. The maximum absolute atomic E-state index is 12.2. The summed E-state index contributed by atoms with van der Waals surface area (Å²) in [5.74, 6) is 0.469. The molecule has 1 aliphatic rings. The Morgan fingerprint density at radius 3 is 2.41 bits per heavy atom. The highest BCUT2D eigenvalue weighted by Gasteiger charge is 2.14. The minimum absolute atomic E-state index is 0.151. The summed E-state index contributed by atoms with van der Waals surface area (Å²) in [6, 6.07) is 15.3. The lowest BCUT2D eigenvalue weighted by Crippen LogP contribution is -2.36. The lowest BCUT2D eigenvalue weighted by Gasteiger charge is -2.26. The molecule has 1 saturated heterocycles. The predicted molar refractivity (Wildman–Crippen MR) is 106 cm³/mol. The Balaban J connectivity index is 1.44. The van der Waals surface area contributed by atoms with E-state index in [2.05, 4.69) is 34.5 Å². The van der Waals surface area contributed by atoms with Crippen molar-refractivity contribution < 1.29 is 14.3 Å². The Morgan fingerprint density at radius 1 is 1.11 bits per heavy atom. The van der Waals surface area contributed by atoms with E-state index in [4.69, 9.17) is 21.1 Å². The van der Waals surface area contributed by atoms with Crippen molar-refractivity contribution in [1.29, 1.82) is 0 Å². The molecule has 1 amide bonds. The van der Waals surface area contributed by atoms with Gasteiger partial charge in [0, 0.05) is 31.2 Å². The van der Waals surface area contributed by atoms with Crippen LogP contribution in [0.2, 0.25) is 5.02 Å². The fourth-order valence-corrected chi connectivity index (χ4v) is 3.01. The van der Waals surface area contributed by atoms with Gasteiger partial charge in [-0.1, -0.05) is 35.9 Å². The summed E-state index contributed by atoms with van der Waals surface area (Å²) < 4.78 is 11.0. The average molecular weight is 389 g/mol. The molecule has 0 unspecified atom stereocenters. The van der Waals surface area contributed by atoms with Gasteiger partial charge in [-0.25, -0.2) is 0 Å². The van der Waals surface area contributed by atoms with E-state index in [1.807, 2.05) is 0 Å². The van der Waals surface area contributed by atoms with E-state index in [0.29, 0.717) is 17.3 Å². The van der Waals surface area contributed by atoms with Gasteiger partial charge in [0.15, 0.2) is 6.10 Å². The number of rotatable bonds is 7. The molecule has 0 aliphatic carbocycles. The van der Waals surface area contributed by atoms with Crippen molar-refractivity contribution >= 4 is 17.5 Å². The van der Waals surface area contributed by atoms with E-state index in [0.717, 1.165) is 38.4 Å². The summed E-state index contributed by atoms with van der Waals surface area (Å²) in [5, 5.41) is 3.55. The minimum atomic E-state index is -0.577. The quantitative estimate of drug-likeness (QED) is 0.791. The third-order valence-electron chi connectivity index (χ3n) is 4.50. The molecule has 0 aromatic heterocycles.